The van der Waals surface area contributed by atoms with Gasteiger partial charge in [0.15, 0.2) is 0 Å². The Morgan fingerprint density at radius 3 is 2.36 bits per heavy atom. The van der Waals surface area contributed by atoms with E-state index in [4.69, 9.17) is 0 Å². The lowest BCUT2D eigenvalue weighted by Gasteiger charge is -2.18. The maximum Gasteiger partial charge on any atom is 0.213 e. The predicted octanol–water partition coefficient (Wildman–Crippen LogP) is 2.30. The molecule has 78 valence electrons. The van der Waals surface area contributed by atoms with Crippen LogP contribution in [0.1, 0.15) is 50.8 Å². The van der Waals surface area contributed by atoms with E-state index in [2.05, 4.69) is 25.9 Å². The molecule has 1 saturated carbocycles. The van der Waals surface area contributed by atoms with Gasteiger partial charge in [-0.25, -0.2) is 4.68 Å². The van der Waals surface area contributed by atoms with E-state index >= 15 is 0 Å². The van der Waals surface area contributed by atoms with Gasteiger partial charge in [0.25, 0.3) is 0 Å². The summed E-state index contributed by atoms with van der Waals surface area (Å²) in [6.07, 6.45) is 2.44. The molecule has 14 heavy (non-hydrogen) atoms. The van der Waals surface area contributed by atoms with Gasteiger partial charge < -0.3 is 5.11 Å². The SMILES string of the molecule is Cn1nc(C2CC2)c(C(C)(C)C)c1O. The first-order valence-corrected chi connectivity index (χ1v) is 5.17. The standard InChI is InChI=1S/C11H18N2O/c1-11(2,3)8-9(7-5-6-7)12-13(4)10(8)14/h7,14H,5-6H2,1-4H3. The van der Waals surface area contributed by atoms with E-state index in [0.717, 1.165) is 11.3 Å². The number of nitrogens with zero attached hydrogens (tertiary/aromatic N) is 2. The second-order valence-electron chi connectivity index (χ2n) is 5.23. The topological polar surface area (TPSA) is 38.0 Å². The van der Waals surface area contributed by atoms with Crippen LogP contribution in [0.3, 0.4) is 0 Å². The van der Waals surface area contributed by atoms with Gasteiger partial charge in [-0.1, -0.05) is 20.8 Å². The van der Waals surface area contributed by atoms with Crippen LogP contribution in [0.4, 0.5) is 0 Å². The van der Waals surface area contributed by atoms with Gasteiger partial charge >= 0.3 is 0 Å². The molecule has 0 aliphatic heterocycles. The van der Waals surface area contributed by atoms with E-state index in [1.807, 2.05) is 0 Å². The molecule has 0 aromatic carbocycles. The van der Waals surface area contributed by atoms with Crippen LogP contribution >= 0.6 is 0 Å². The molecule has 1 N–H and O–H groups in total. The molecule has 1 aliphatic carbocycles. The summed E-state index contributed by atoms with van der Waals surface area (Å²) in [5.74, 6) is 0.927. The van der Waals surface area contributed by atoms with Crippen LogP contribution < -0.4 is 0 Å². The van der Waals surface area contributed by atoms with Gasteiger partial charge in [-0.05, 0) is 18.3 Å². The predicted molar refractivity (Wildman–Crippen MR) is 55.5 cm³/mol. The highest BCUT2D eigenvalue weighted by atomic mass is 16.3. The molecular formula is C11H18N2O. The fourth-order valence-electron chi connectivity index (χ4n) is 1.90. The van der Waals surface area contributed by atoms with Crippen LogP contribution in [0.25, 0.3) is 0 Å². The molecule has 1 heterocycles. The summed E-state index contributed by atoms with van der Waals surface area (Å²) in [5, 5.41) is 14.3. The Balaban J connectivity index is 2.54. The molecule has 0 radical (unpaired) electrons. The zero-order chi connectivity index (χ0) is 10.5. The lowest BCUT2D eigenvalue weighted by atomic mass is 9.86. The first kappa shape index (κ1) is 9.56. The molecule has 3 nitrogen and oxygen atoms in total. The largest absolute Gasteiger partial charge is 0.493 e. The average Bonchev–Trinajstić information content (AvgIpc) is 2.78. The first-order chi connectivity index (χ1) is 6.41. The van der Waals surface area contributed by atoms with Crippen molar-refractivity contribution in [2.24, 2.45) is 7.05 Å². The third-order valence-corrected chi connectivity index (χ3v) is 2.76. The molecule has 1 aromatic rings. The highest BCUT2D eigenvalue weighted by molar-refractivity contribution is 5.40. The van der Waals surface area contributed by atoms with Crippen molar-refractivity contribution in [2.75, 3.05) is 0 Å². The summed E-state index contributed by atoms with van der Waals surface area (Å²) in [5.41, 5.74) is 2.12. The van der Waals surface area contributed by atoms with Crippen molar-refractivity contribution < 1.29 is 5.11 Å². The molecule has 1 aromatic heterocycles. The molecule has 0 spiro atoms. The van der Waals surface area contributed by atoms with E-state index in [1.165, 1.54) is 12.8 Å². The lowest BCUT2D eigenvalue weighted by molar-refractivity contribution is 0.401. The Labute approximate surface area is 84.7 Å². The van der Waals surface area contributed by atoms with E-state index in [-0.39, 0.29) is 5.41 Å². The number of aromatic hydroxyl groups is 1. The smallest absolute Gasteiger partial charge is 0.213 e. The summed E-state index contributed by atoms with van der Waals surface area (Å²) < 4.78 is 1.59. The average molecular weight is 194 g/mol. The molecule has 1 fully saturated rings. The van der Waals surface area contributed by atoms with Gasteiger partial charge in [0.2, 0.25) is 5.88 Å². The van der Waals surface area contributed by atoms with Crippen LogP contribution in [0.15, 0.2) is 0 Å². The van der Waals surface area contributed by atoms with Crippen molar-refractivity contribution in [3.05, 3.63) is 11.3 Å². The number of hydrogen-bond donors (Lipinski definition) is 1. The summed E-state index contributed by atoms with van der Waals surface area (Å²) in [4.78, 5) is 0. The number of aryl methyl sites for hydroxylation is 1. The molecule has 0 atom stereocenters. The molecule has 1 aliphatic rings. The van der Waals surface area contributed by atoms with Crippen LogP contribution in [0.2, 0.25) is 0 Å². The normalized spacial score (nSPS) is 17.4. The lowest BCUT2D eigenvalue weighted by Crippen LogP contribution is -2.12. The minimum absolute atomic E-state index is 0.0176. The van der Waals surface area contributed by atoms with Gasteiger partial charge in [0, 0.05) is 18.5 Å². The van der Waals surface area contributed by atoms with Gasteiger partial charge in [0.1, 0.15) is 0 Å². The van der Waals surface area contributed by atoms with Gasteiger partial charge in [-0.3, -0.25) is 0 Å². The van der Waals surface area contributed by atoms with Crippen LogP contribution in [-0.2, 0) is 12.5 Å². The maximum atomic E-state index is 9.93. The Morgan fingerprint density at radius 1 is 1.36 bits per heavy atom. The molecule has 3 heteroatoms. The second-order valence-corrected chi connectivity index (χ2v) is 5.23. The quantitative estimate of drug-likeness (QED) is 0.745. The van der Waals surface area contributed by atoms with Crippen LogP contribution in [0, 0.1) is 0 Å². The van der Waals surface area contributed by atoms with Crippen molar-refractivity contribution in [1.29, 1.82) is 0 Å². The van der Waals surface area contributed by atoms with E-state index < -0.39 is 0 Å². The highest BCUT2D eigenvalue weighted by Gasteiger charge is 2.35. The van der Waals surface area contributed by atoms with Crippen molar-refractivity contribution in [3.63, 3.8) is 0 Å². The Kier molecular flexibility index (Phi) is 1.88. The monoisotopic (exact) mass is 194 g/mol. The molecule has 2 rings (SSSR count). The molecule has 0 bridgehead atoms. The van der Waals surface area contributed by atoms with Crippen LogP contribution in [-0.4, -0.2) is 14.9 Å². The molecule has 0 amide bonds. The fourth-order valence-corrected chi connectivity index (χ4v) is 1.90. The van der Waals surface area contributed by atoms with E-state index in [1.54, 1.807) is 11.7 Å². The fraction of sp³-hybridized carbons (Fsp3) is 0.727. The minimum atomic E-state index is -0.0176. The Hall–Kier alpha value is -0.990. The van der Waals surface area contributed by atoms with Crippen molar-refractivity contribution in [3.8, 4) is 5.88 Å². The van der Waals surface area contributed by atoms with Crippen LogP contribution in [0.5, 0.6) is 5.88 Å². The first-order valence-electron chi connectivity index (χ1n) is 5.17. The number of aromatic nitrogens is 2. The van der Waals surface area contributed by atoms with Gasteiger partial charge in [-0.15, -0.1) is 0 Å². The number of hydrogen-bond acceptors (Lipinski definition) is 2. The minimum Gasteiger partial charge on any atom is -0.493 e. The van der Waals surface area contributed by atoms with Crippen molar-refractivity contribution in [2.45, 2.75) is 44.9 Å². The van der Waals surface area contributed by atoms with E-state index in [0.29, 0.717) is 11.8 Å². The third-order valence-electron chi connectivity index (χ3n) is 2.76. The van der Waals surface area contributed by atoms with E-state index in [9.17, 15) is 5.11 Å². The zero-order valence-corrected chi connectivity index (χ0v) is 9.33. The molecular weight excluding hydrogens is 176 g/mol. The number of rotatable bonds is 1. The molecule has 0 unspecified atom stereocenters. The Bertz CT molecular complexity index is 356. The van der Waals surface area contributed by atoms with Crippen molar-refractivity contribution >= 4 is 0 Å². The van der Waals surface area contributed by atoms with Gasteiger partial charge in [0.05, 0.1) is 5.69 Å². The zero-order valence-electron chi connectivity index (χ0n) is 9.33. The Morgan fingerprint density at radius 2 is 1.93 bits per heavy atom. The summed E-state index contributed by atoms with van der Waals surface area (Å²) in [6.45, 7) is 6.36. The van der Waals surface area contributed by atoms with Crippen molar-refractivity contribution in [1.82, 2.24) is 9.78 Å². The maximum absolute atomic E-state index is 9.93. The third kappa shape index (κ3) is 1.41. The summed E-state index contributed by atoms with van der Waals surface area (Å²) in [7, 11) is 1.80. The molecule has 0 saturated heterocycles. The summed E-state index contributed by atoms with van der Waals surface area (Å²) in [6, 6.07) is 0. The highest BCUT2D eigenvalue weighted by Crippen LogP contribution is 2.46. The second kappa shape index (κ2) is 2.75. The van der Waals surface area contributed by atoms with Gasteiger partial charge in [-0.2, -0.15) is 5.10 Å². The summed E-state index contributed by atoms with van der Waals surface area (Å²) >= 11 is 0.